The molecule has 2 fully saturated rings. The fourth-order valence-electron chi connectivity index (χ4n) is 5.23. The number of piperidine rings is 1. The fraction of sp³-hybridized carbons (Fsp3) is 0.500. The van der Waals surface area contributed by atoms with Crippen molar-refractivity contribution < 1.29 is 48.9 Å². The zero-order valence-corrected chi connectivity index (χ0v) is 24.7. The van der Waals surface area contributed by atoms with Crippen LogP contribution in [0.5, 0.6) is 0 Å². The Morgan fingerprint density at radius 2 is 1.38 bits per heavy atom. The lowest BCUT2D eigenvalue weighted by atomic mass is 9.92. The van der Waals surface area contributed by atoms with Gasteiger partial charge in [-0.1, -0.05) is 30.3 Å². The predicted molar refractivity (Wildman–Crippen MR) is 148 cm³/mol. The molecule has 1 aliphatic carbocycles. The van der Waals surface area contributed by atoms with Crippen molar-refractivity contribution >= 4 is 22.6 Å². The van der Waals surface area contributed by atoms with Crippen molar-refractivity contribution in [1.29, 1.82) is 5.26 Å². The van der Waals surface area contributed by atoms with Crippen LogP contribution in [0, 0.1) is 23.1 Å². The molecule has 1 saturated heterocycles. The number of nitrogens with zero attached hydrogens (tertiary/aromatic N) is 2. The van der Waals surface area contributed by atoms with E-state index in [2.05, 4.69) is 5.32 Å². The molecular formula is C30H31F8N3O3S. The maximum Gasteiger partial charge on any atom is 0.435 e. The molecule has 15 heteroatoms. The third kappa shape index (κ3) is 9.02. The molecule has 0 aromatic heterocycles. The quantitative estimate of drug-likeness (QED) is 0.358. The van der Waals surface area contributed by atoms with Gasteiger partial charge in [0.1, 0.15) is 12.2 Å². The minimum absolute atomic E-state index is 0.0282. The van der Waals surface area contributed by atoms with Crippen molar-refractivity contribution in [2.24, 2.45) is 5.92 Å². The standard InChI is InChI=1S/C21H26FN3O3S.C9H5F7/c22-16-1-5-18(6-2-16)29(28)19-7-3-17(4-8-19)24-21(27)15-10-13-25(14-11-15)20(26)9-12-23;10-7(8(11,12)13,9(14,15)16)6-4-2-1-3-5-6/h1-2,5-6,15,17,19H,3-4,7-11,13-14H2,(H,24,27);1-5H. The van der Waals surface area contributed by atoms with Crippen LogP contribution in [-0.4, -0.2) is 57.7 Å². The number of carbonyl (C=O) groups is 2. The Bertz CT molecular complexity index is 1330. The number of carbonyl (C=O) groups excluding carboxylic acids is 2. The SMILES string of the molecule is FC(F)(F)C(F)(c1ccccc1)C(F)(F)F.N#CCC(=O)N1CCC(C(=O)NC2CCC(S(=O)c3ccc(F)cc3)CC2)CC1. The number of amides is 2. The van der Waals surface area contributed by atoms with E-state index in [1.807, 2.05) is 6.07 Å². The topological polar surface area (TPSA) is 90.3 Å². The Labute approximate surface area is 257 Å². The summed E-state index contributed by atoms with van der Waals surface area (Å²) in [6.45, 7) is 1.03. The minimum Gasteiger partial charge on any atom is -0.353 e. The zero-order chi connectivity index (χ0) is 33.4. The van der Waals surface area contributed by atoms with Gasteiger partial charge in [-0.3, -0.25) is 13.8 Å². The van der Waals surface area contributed by atoms with Gasteiger partial charge in [0.25, 0.3) is 0 Å². The summed E-state index contributed by atoms with van der Waals surface area (Å²) in [5.74, 6) is -0.580. The van der Waals surface area contributed by atoms with Crippen molar-refractivity contribution in [1.82, 2.24) is 10.2 Å². The van der Waals surface area contributed by atoms with Gasteiger partial charge in [-0.05, 0) is 62.8 Å². The highest BCUT2D eigenvalue weighted by atomic mass is 32.2. The molecule has 1 atom stereocenters. The van der Waals surface area contributed by atoms with Gasteiger partial charge in [-0.2, -0.15) is 31.6 Å². The summed E-state index contributed by atoms with van der Waals surface area (Å²) in [7, 11) is -1.16. The van der Waals surface area contributed by atoms with Gasteiger partial charge in [-0.15, -0.1) is 0 Å². The summed E-state index contributed by atoms with van der Waals surface area (Å²) < 4.78 is 112. The van der Waals surface area contributed by atoms with Crippen LogP contribution in [-0.2, 0) is 26.1 Å². The molecule has 0 bridgehead atoms. The first-order valence-corrected chi connectivity index (χ1v) is 15.3. The van der Waals surface area contributed by atoms with Gasteiger partial charge < -0.3 is 10.2 Å². The Balaban J connectivity index is 0.000000292. The number of benzene rings is 2. The van der Waals surface area contributed by atoms with Crippen molar-refractivity contribution in [3.8, 4) is 6.07 Å². The number of halogens is 8. The molecule has 2 aliphatic rings. The molecule has 6 nitrogen and oxygen atoms in total. The first-order chi connectivity index (χ1) is 21.1. The molecule has 1 aliphatic heterocycles. The number of nitrogens with one attached hydrogen (secondary N) is 1. The molecule has 246 valence electrons. The van der Waals surface area contributed by atoms with E-state index in [1.165, 1.54) is 18.2 Å². The molecule has 2 amide bonds. The van der Waals surface area contributed by atoms with E-state index in [0.717, 1.165) is 37.8 Å². The second-order valence-electron chi connectivity index (χ2n) is 10.7. The third-order valence-corrected chi connectivity index (χ3v) is 9.58. The van der Waals surface area contributed by atoms with E-state index in [-0.39, 0.29) is 41.3 Å². The van der Waals surface area contributed by atoms with Gasteiger partial charge in [0.05, 0.1) is 16.9 Å². The van der Waals surface area contributed by atoms with Crippen LogP contribution in [0.4, 0.5) is 35.1 Å². The monoisotopic (exact) mass is 665 g/mol. The average molecular weight is 666 g/mol. The van der Waals surface area contributed by atoms with E-state index in [9.17, 15) is 48.9 Å². The van der Waals surface area contributed by atoms with E-state index < -0.39 is 34.4 Å². The van der Waals surface area contributed by atoms with Crippen LogP contribution in [0.25, 0.3) is 0 Å². The first kappa shape index (κ1) is 35.9. The summed E-state index contributed by atoms with van der Waals surface area (Å²) in [6, 6.07) is 11.7. The highest BCUT2D eigenvalue weighted by Crippen LogP contribution is 2.53. The summed E-state index contributed by atoms with van der Waals surface area (Å²) in [4.78, 5) is 26.6. The van der Waals surface area contributed by atoms with Crippen LogP contribution in [0.2, 0.25) is 0 Å². The molecule has 1 saturated carbocycles. The van der Waals surface area contributed by atoms with Crippen LogP contribution >= 0.6 is 0 Å². The zero-order valence-electron chi connectivity index (χ0n) is 23.8. The molecular weight excluding hydrogens is 634 g/mol. The van der Waals surface area contributed by atoms with Crippen molar-refractivity contribution in [3.63, 3.8) is 0 Å². The smallest absolute Gasteiger partial charge is 0.353 e. The molecule has 45 heavy (non-hydrogen) atoms. The summed E-state index contributed by atoms with van der Waals surface area (Å²) >= 11 is 0. The lowest BCUT2D eigenvalue weighted by Gasteiger charge is -2.33. The molecule has 4 rings (SSSR count). The Hall–Kier alpha value is -3.54. The van der Waals surface area contributed by atoms with Crippen LogP contribution in [0.3, 0.4) is 0 Å². The predicted octanol–water partition coefficient (Wildman–Crippen LogP) is 6.49. The lowest BCUT2D eigenvalue weighted by Crippen LogP contribution is -2.50. The second-order valence-corrected chi connectivity index (χ2v) is 12.5. The van der Waals surface area contributed by atoms with Crippen LogP contribution in [0.1, 0.15) is 50.5 Å². The molecule has 1 heterocycles. The molecule has 2 aromatic carbocycles. The lowest BCUT2D eigenvalue weighted by molar-refractivity contribution is -0.348. The van der Waals surface area contributed by atoms with Crippen molar-refractivity contribution in [3.05, 3.63) is 66.0 Å². The molecule has 1 unspecified atom stereocenters. The molecule has 0 radical (unpaired) electrons. The molecule has 2 aromatic rings. The van der Waals surface area contributed by atoms with Crippen LogP contribution < -0.4 is 5.32 Å². The highest BCUT2D eigenvalue weighted by Gasteiger charge is 2.73. The summed E-state index contributed by atoms with van der Waals surface area (Å²) in [5.41, 5.74) is -6.81. The van der Waals surface area contributed by atoms with Crippen molar-refractivity contribution in [2.75, 3.05) is 13.1 Å². The summed E-state index contributed by atoms with van der Waals surface area (Å²) in [5, 5.41) is 11.8. The van der Waals surface area contributed by atoms with Crippen LogP contribution in [0.15, 0.2) is 59.5 Å². The Kier molecular flexibility index (Phi) is 12.1. The molecule has 0 spiro atoms. The normalized spacial score (nSPS) is 20.3. The Morgan fingerprint density at radius 3 is 1.87 bits per heavy atom. The molecule has 1 N–H and O–H groups in total. The third-order valence-electron chi connectivity index (χ3n) is 7.77. The average Bonchev–Trinajstić information content (AvgIpc) is 3.01. The first-order valence-electron chi connectivity index (χ1n) is 14.1. The summed E-state index contributed by atoms with van der Waals surface area (Å²) in [6.07, 6.45) is -7.89. The number of alkyl halides is 7. The van der Waals surface area contributed by atoms with Gasteiger partial charge >= 0.3 is 18.0 Å². The van der Waals surface area contributed by atoms with Gasteiger partial charge in [0.15, 0.2) is 0 Å². The second kappa shape index (κ2) is 15.2. The number of likely N-dealkylation sites (tertiary alicyclic amines) is 1. The maximum absolute atomic E-state index is 13.3. The number of hydrogen-bond acceptors (Lipinski definition) is 4. The number of nitriles is 1. The van der Waals surface area contributed by atoms with E-state index in [0.29, 0.717) is 43.0 Å². The Morgan fingerprint density at radius 1 is 0.844 bits per heavy atom. The van der Waals surface area contributed by atoms with Crippen molar-refractivity contribution in [2.45, 2.75) is 79.2 Å². The van der Waals surface area contributed by atoms with Gasteiger partial charge in [-0.25, -0.2) is 8.78 Å². The number of rotatable bonds is 6. The van der Waals surface area contributed by atoms with E-state index in [1.54, 1.807) is 17.0 Å². The highest BCUT2D eigenvalue weighted by molar-refractivity contribution is 7.85. The van der Waals surface area contributed by atoms with Gasteiger partial charge in [0.2, 0.25) is 11.8 Å². The van der Waals surface area contributed by atoms with Gasteiger partial charge in [0, 0.05) is 40.8 Å². The number of hydrogen-bond donors (Lipinski definition) is 1. The fourth-order valence-corrected chi connectivity index (χ4v) is 6.72. The van der Waals surface area contributed by atoms with E-state index in [4.69, 9.17) is 5.26 Å². The minimum atomic E-state index is -6.05. The largest absolute Gasteiger partial charge is 0.435 e. The van der Waals surface area contributed by atoms with E-state index >= 15 is 0 Å². The maximum atomic E-state index is 13.3.